The van der Waals surface area contributed by atoms with E-state index in [0.717, 1.165) is 42.5 Å². The van der Waals surface area contributed by atoms with Gasteiger partial charge in [-0.25, -0.2) is 0 Å². The van der Waals surface area contributed by atoms with Crippen molar-refractivity contribution >= 4 is 5.91 Å². The summed E-state index contributed by atoms with van der Waals surface area (Å²) in [4.78, 5) is 11.9. The average Bonchev–Trinajstić information content (AvgIpc) is 3.39. The van der Waals surface area contributed by atoms with Gasteiger partial charge in [-0.1, -0.05) is 73.7 Å². The van der Waals surface area contributed by atoms with Gasteiger partial charge in [0.25, 0.3) is 0 Å². The van der Waals surface area contributed by atoms with Crippen LogP contribution in [0.2, 0.25) is 0 Å². The van der Waals surface area contributed by atoms with Crippen LogP contribution in [0.1, 0.15) is 37.3 Å². The molecular formula is C27H29N5O. The number of carbonyl (C=O) groups is 1. The predicted molar refractivity (Wildman–Crippen MR) is 131 cm³/mol. The Morgan fingerprint density at radius 2 is 1.61 bits per heavy atom. The number of nitrogens with one attached hydrogen (secondary N) is 2. The van der Waals surface area contributed by atoms with Gasteiger partial charge >= 0.3 is 0 Å². The Morgan fingerprint density at radius 1 is 0.909 bits per heavy atom. The van der Waals surface area contributed by atoms with E-state index in [9.17, 15) is 4.79 Å². The van der Waals surface area contributed by atoms with E-state index in [4.69, 9.17) is 0 Å². The summed E-state index contributed by atoms with van der Waals surface area (Å²) < 4.78 is 0. The molecule has 168 valence electrons. The van der Waals surface area contributed by atoms with Crippen molar-refractivity contribution in [2.75, 3.05) is 6.54 Å². The van der Waals surface area contributed by atoms with E-state index in [2.05, 4.69) is 88.3 Å². The van der Waals surface area contributed by atoms with Crippen molar-refractivity contribution in [2.24, 2.45) is 0 Å². The van der Waals surface area contributed by atoms with E-state index in [-0.39, 0.29) is 5.91 Å². The standard InChI is InChI=1S/C27H29N5O/c1-3-18-28-26(33)13-7-9-20-8-6-12-23(19(20)2)21-14-16-22(17-15-21)24-10-4-5-11-25(24)27-29-31-32-30-27/h4-6,8,10-12,14-17H,3,7,9,13,18H2,1-2H3,(H,28,33)(H,29,30,31,32). The Kier molecular flexibility index (Phi) is 7.25. The summed E-state index contributed by atoms with van der Waals surface area (Å²) in [7, 11) is 0. The fraction of sp³-hybridized carbons (Fsp3) is 0.259. The van der Waals surface area contributed by atoms with E-state index in [1.807, 2.05) is 18.2 Å². The third-order valence-electron chi connectivity index (χ3n) is 5.89. The van der Waals surface area contributed by atoms with Gasteiger partial charge in [-0.15, -0.1) is 10.2 Å². The highest BCUT2D eigenvalue weighted by molar-refractivity contribution is 5.82. The van der Waals surface area contributed by atoms with Gasteiger partial charge in [-0.05, 0) is 64.8 Å². The lowest BCUT2D eigenvalue weighted by molar-refractivity contribution is -0.121. The lowest BCUT2D eigenvalue weighted by atomic mass is 9.92. The Hall–Kier alpha value is -3.80. The lowest BCUT2D eigenvalue weighted by Gasteiger charge is -2.13. The van der Waals surface area contributed by atoms with Crippen LogP contribution in [0.3, 0.4) is 0 Å². The molecule has 3 aromatic carbocycles. The van der Waals surface area contributed by atoms with Gasteiger partial charge in [0, 0.05) is 18.5 Å². The van der Waals surface area contributed by atoms with Crippen LogP contribution in [-0.2, 0) is 11.2 Å². The molecule has 0 unspecified atom stereocenters. The summed E-state index contributed by atoms with van der Waals surface area (Å²) in [5.41, 5.74) is 8.08. The number of aryl methyl sites for hydroxylation is 1. The quantitative estimate of drug-likeness (QED) is 0.368. The number of benzene rings is 3. The van der Waals surface area contributed by atoms with E-state index >= 15 is 0 Å². The highest BCUT2D eigenvalue weighted by atomic mass is 16.1. The average molecular weight is 440 g/mol. The number of aromatic nitrogens is 4. The molecule has 2 N–H and O–H groups in total. The maximum absolute atomic E-state index is 11.9. The van der Waals surface area contributed by atoms with E-state index in [0.29, 0.717) is 12.2 Å². The monoisotopic (exact) mass is 439 g/mol. The van der Waals surface area contributed by atoms with E-state index in [1.54, 1.807) is 0 Å². The zero-order valence-corrected chi connectivity index (χ0v) is 19.1. The SMILES string of the molecule is CCCNC(=O)CCCc1cccc(-c2ccc(-c3ccccc3-c3nn[nH]n3)cc2)c1C. The fourth-order valence-electron chi connectivity index (χ4n) is 4.09. The van der Waals surface area contributed by atoms with Crippen LogP contribution in [0, 0.1) is 6.92 Å². The van der Waals surface area contributed by atoms with Crippen molar-refractivity contribution in [2.45, 2.75) is 39.5 Å². The van der Waals surface area contributed by atoms with Crippen LogP contribution in [0.25, 0.3) is 33.6 Å². The summed E-state index contributed by atoms with van der Waals surface area (Å²) in [6.45, 7) is 4.98. The molecule has 0 saturated carbocycles. The van der Waals surface area contributed by atoms with Crippen molar-refractivity contribution < 1.29 is 4.79 Å². The molecule has 4 aromatic rings. The molecule has 6 nitrogen and oxygen atoms in total. The minimum Gasteiger partial charge on any atom is -0.356 e. The molecule has 0 fully saturated rings. The third-order valence-corrected chi connectivity index (χ3v) is 5.89. The minimum absolute atomic E-state index is 0.141. The zero-order chi connectivity index (χ0) is 23.0. The normalized spacial score (nSPS) is 10.8. The number of tetrazole rings is 1. The second-order valence-electron chi connectivity index (χ2n) is 8.15. The number of nitrogens with zero attached hydrogens (tertiary/aromatic N) is 3. The van der Waals surface area contributed by atoms with E-state index in [1.165, 1.54) is 22.3 Å². The summed E-state index contributed by atoms with van der Waals surface area (Å²) in [6.07, 6.45) is 3.29. The molecule has 1 amide bonds. The van der Waals surface area contributed by atoms with Crippen LogP contribution in [0.15, 0.2) is 66.7 Å². The first kappa shape index (κ1) is 22.4. The van der Waals surface area contributed by atoms with Gasteiger partial charge in [0.2, 0.25) is 11.7 Å². The smallest absolute Gasteiger partial charge is 0.220 e. The molecule has 6 heteroatoms. The Bertz CT molecular complexity index is 1200. The summed E-state index contributed by atoms with van der Waals surface area (Å²) in [6, 6.07) is 23.1. The van der Waals surface area contributed by atoms with Gasteiger partial charge in [-0.3, -0.25) is 4.79 Å². The molecule has 1 aromatic heterocycles. The molecule has 0 atom stereocenters. The molecule has 0 aliphatic heterocycles. The molecule has 0 aliphatic carbocycles. The zero-order valence-electron chi connectivity index (χ0n) is 19.1. The van der Waals surface area contributed by atoms with Crippen LogP contribution >= 0.6 is 0 Å². The van der Waals surface area contributed by atoms with Crippen molar-refractivity contribution in [1.29, 1.82) is 0 Å². The fourth-order valence-corrected chi connectivity index (χ4v) is 4.09. The molecule has 0 spiro atoms. The van der Waals surface area contributed by atoms with Crippen LogP contribution in [-0.4, -0.2) is 33.1 Å². The highest BCUT2D eigenvalue weighted by Crippen LogP contribution is 2.32. The van der Waals surface area contributed by atoms with Gasteiger partial charge in [0.05, 0.1) is 0 Å². The van der Waals surface area contributed by atoms with Crippen molar-refractivity contribution in [3.8, 4) is 33.6 Å². The number of carbonyl (C=O) groups excluding carboxylic acids is 1. The van der Waals surface area contributed by atoms with Gasteiger partial charge in [0.1, 0.15) is 0 Å². The second-order valence-corrected chi connectivity index (χ2v) is 8.15. The number of aromatic amines is 1. The molecule has 0 aliphatic rings. The molecule has 0 radical (unpaired) electrons. The highest BCUT2D eigenvalue weighted by Gasteiger charge is 2.12. The third kappa shape index (κ3) is 5.34. The second kappa shape index (κ2) is 10.7. The first-order valence-corrected chi connectivity index (χ1v) is 11.5. The van der Waals surface area contributed by atoms with Crippen LogP contribution < -0.4 is 5.32 Å². The van der Waals surface area contributed by atoms with E-state index < -0.39 is 0 Å². The van der Waals surface area contributed by atoms with Gasteiger partial charge < -0.3 is 5.32 Å². The van der Waals surface area contributed by atoms with Crippen molar-refractivity contribution in [3.05, 3.63) is 77.9 Å². The Labute approximate surface area is 194 Å². The number of rotatable bonds is 9. The number of hydrogen-bond acceptors (Lipinski definition) is 4. The number of hydrogen-bond donors (Lipinski definition) is 2. The summed E-state index contributed by atoms with van der Waals surface area (Å²) in [5, 5.41) is 17.4. The van der Waals surface area contributed by atoms with Gasteiger partial charge in [0.15, 0.2) is 0 Å². The molecule has 33 heavy (non-hydrogen) atoms. The molecule has 1 heterocycles. The summed E-state index contributed by atoms with van der Waals surface area (Å²) >= 11 is 0. The topological polar surface area (TPSA) is 83.6 Å². The van der Waals surface area contributed by atoms with Crippen molar-refractivity contribution in [3.63, 3.8) is 0 Å². The van der Waals surface area contributed by atoms with Crippen LogP contribution in [0.5, 0.6) is 0 Å². The predicted octanol–water partition coefficient (Wildman–Crippen LogP) is 5.36. The molecular weight excluding hydrogens is 410 g/mol. The maximum Gasteiger partial charge on any atom is 0.220 e. The van der Waals surface area contributed by atoms with Gasteiger partial charge in [-0.2, -0.15) is 5.21 Å². The van der Waals surface area contributed by atoms with Crippen LogP contribution in [0.4, 0.5) is 0 Å². The first-order chi connectivity index (χ1) is 16.2. The Balaban J connectivity index is 1.51. The Morgan fingerprint density at radius 3 is 2.30 bits per heavy atom. The van der Waals surface area contributed by atoms with Crippen molar-refractivity contribution in [1.82, 2.24) is 25.9 Å². The molecule has 4 rings (SSSR count). The largest absolute Gasteiger partial charge is 0.356 e. The summed E-state index contributed by atoms with van der Waals surface area (Å²) in [5.74, 6) is 0.726. The molecule has 0 saturated heterocycles. The minimum atomic E-state index is 0.141. The molecule has 0 bridgehead atoms. The number of H-pyrrole nitrogens is 1. The number of amides is 1. The maximum atomic E-state index is 11.9. The lowest BCUT2D eigenvalue weighted by Crippen LogP contribution is -2.23. The first-order valence-electron chi connectivity index (χ1n) is 11.5.